The third-order valence-corrected chi connectivity index (χ3v) is 5.07. The van der Waals surface area contributed by atoms with Gasteiger partial charge in [-0.15, -0.1) is 0 Å². The van der Waals surface area contributed by atoms with Crippen LogP contribution >= 0.6 is 0 Å². The average molecular weight is 397 g/mol. The van der Waals surface area contributed by atoms with Gasteiger partial charge in [-0.2, -0.15) is 13.7 Å². The third-order valence-electron chi connectivity index (χ3n) is 4.59. The summed E-state index contributed by atoms with van der Waals surface area (Å²) in [6, 6.07) is 10.8. The van der Waals surface area contributed by atoms with Crippen molar-refractivity contribution in [3.8, 4) is 23.1 Å². The van der Waals surface area contributed by atoms with E-state index >= 15 is 0 Å². The second kappa shape index (κ2) is 6.35. The van der Waals surface area contributed by atoms with Gasteiger partial charge < -0.3 is 13.5 Å². The number of hydrogen-bond acceptors (Lipinski definition) is 7. The molecule has 0 amide bonds. The van der Waals surface area contributed by atoms with Crippen LogP contribution in [0.25, 0.3) is 22.2 Å². The van der Waals surface area contributed by atoms with Gasteiger partial charge in [0.1, 0.15) is 11.8 Å². The second-order valence-electron chi connectivity index (χ2n) is 6.36. The minimum absolute atomic E-state index is 0.0302. The lowest BCUT2D eigenvalue weighted by Gasteiger charge is -2.22. The Morgan fingerprint density at radius 1 is 1.32 bits per heavy atom. The van der Waals surface area contributed by atoms with Crippen LogP contribution in [0.15, 0.2) is 30.3 Å². The van der Waals surface area contributed by atoms with E-state index < -0.39 is 16.1 Å². The van der Waals surface area contributed by atoms with E-state index in [2.05, 4.69) is 11.1 Å². The Kier molecular flexibility index (Phi) is 4.08. The first-order valence-corrected chi connectivity index (χ1v) is 10.2. The number of carbonyl (C=O) groups excluding carboxylic acids is 1. The largest absolute Gasteiger partial charge is 0.464 e. The molecule has 2 aromatic heterocycles. The smallest absolute Gasteiger partial charge is 0.354 e. The molecule has 1 aliphatic heterocycles. The molecule has 0 saturated carbocycles. The number of fused-ring (bicyclic) bond motifs is 4. The van der Waals surface area contributed by atoms with Crippen molar-refractivity contribution in [1.29, 1.82) is 5.26 Å². The van der Waals surface area contributed by atoms with Gasteiger partial charge >= 0.3 is 16.1 Å². The van der Waals surface area contributed by atoms with Crippen LogP contribution in [0.3, 0.4) is 0 Å². The van der Waals surface area contributed by atoms with E-state index in [0.29, 0.717) is 46.4 Å². The molecule has 0 saturated heterocycles. The van der Waals surface area contributed by atoms with Crippen LogP contribution in [0, 0.1) is 11.3 Å². The number of ether oxygens (including phenoxy) is 1. The summed E-state index contributed by atoms with van der Waals surface area (Å²) in [7, 11) is -2.62. The molecule has 1 aliphatic rings. The Morgan fingerprint density at radius 3 is 2.75 bits per heavy atom. The van der Waals surface area contributed by atoms with Crippen LogP contribution in [0.4, 0.5) is 0 Å². The maximum atomic E-state index is 12.2. The van der Waals surface area contributed by atoms with E-state index in [4.69, 9.17) is 8.92 Å². The summed E-state index contributed by atoms with van der Waals surface area (Å²) >= 11 is 0. The molecule has 142 valence electrons. The topological polar surface area (TPSA) is 111 Å². The van der Waals surface area contributed by atoms with E-state index in [1.165, 1.54) is 13.2 Å². The first-order valence-electron chi connectivity index (χ1n) is 8.37. The number of para-hydroxylation sites is 1. The lowest BCUT2D eigenvalue weighted by molar-refractivity contribution is 0.0588. The molecular formula is C19H15N3O5S. The number of benzene rings is 1. The van der Waals surface area contributed by atoms with Crippen LogP contribution in [-0.4, -0.2) is 37.3 Å². The van der Waals surface area contributed by atoms with Gasteiger partial charge in [-0.05, 0) is 6.07 Å². The highest BCUT2D eigenvalue weighted by Crippen LogP contribution is 2.43. The summed E-state index contributed by atoms with van der Waals surface area (Å²) in [6.07, 6.45) is 1.39. The molecule has 0 aliphatic carbocycles. The van der Waals surface area contributed by atoms with Crippen LogP contribution in [0.2, 0.25) is 0 Å². The maximum absolute atomic E-state index is 12.2. The lowest BCUT2D eigenvalue weighted by Crippen LogP contribution is -2.19. The molecule has 3 heterocycles. The third kappa shape index (κ3) is 2.78. The molecule has 0 atom stereocenters. The Balaban J connectivity index is 2.10. The maximum Gasteiger partial charge on any atom is 0.354 e. The number of methoxy groups -OCH3 is 1. The van der Waals surface area contributed by atoms with Crippen molar-refractivity contribution in [3.63, 3.8) is 0 Å². The predicted octanol–water partition coefficient (Wildman–Crippen LogP) is 2.26. The Hall–Kier alpha value is -3.38. The van der Waals surface area contributed by atoms with E-state index in [1.54, 1.807) is 16.7 Å². The molecular weight excluding hydrogens is 382 g/mol. The Labute approximate surface area is 161 Å². The molecule has 28 heavy (non-hydrogen) atoms. The molecule has 4 rings (SSSR count). The molecule has 0 radical (unpaired) electrons. The molecule has 3 aromatic rings. The molecule has 0 bridgehead atoms. The van der Waals surface area contributed by atoms with Crippen molar-refractivity contribution in [3.05, 3.63) is 47.3 Å². The molecule has 8 nitrogen and oxygen atoms in total. The van der Waals surface area contributed by atoms with Crippen LogP contribution in [0.1, 0.15) is 21.7 Å². The number of rotatable bonds is 3. The summed E-state index contributed by atoms with van der Waals surface area (Å²) < 4.78 is 35.2. The van der Waals surface area contributed by atoms with Gasteiger partial charge in [-0.1, -0.05) is 18.2 Å². The molecule has 0 unspecified atom stereocenters. The van der Waals surface area contributed by atoms with Gasteiger partial charge in [0.2, 0.25) is 0 Å². The summed E-state index contributed by atoms with van der Waals surface area (Å²) in [5.74, 6) is -0.655. The number of aryl methyl sites for hydroxylation is 1. The van der Waals surface area contributed by atoms with Crippen LogP contribution < -0.4 is 4.18 Å². The van der Waals surface area contributed by atoms with Gasteiger partial charge in [-0.25, -0.2) is 4.79 Å². The molecule has 9 heteroatoms. The van der Waals surface area contributed by atoms with Gasteiger partial charge in [0.15, 0.2) is 5.75 Å². The minimum atomic E-state index is -3.86. The van der Waals surface area contributed by atoms with E-state index in [0.717, 1.165) is 6.26 Å². The van der Waals surface area contributed by atoms with E-state index in [9.17, 15) is 18.5 Å². The van der Waals surface area contributed by atoms with Crippen LogP contribution in [0.5, 0.6) is 5.75 Å². The summed E-state index contributed by atoms with van der Waals surface area (Å²) in [5, 5.41) is 10.5. The fourth-order valence-electron chi connectivity index (χ4n) is 3.55. The zero-order chi connectivity index (χ0) is 20.1. The minimum Gasteiger partial charge on any atom is -0.464 e. The highest BCUT2D eigenvalue weighted by Gasteiger charge is 2.32. The average Bonchev–Trinajstić information content (AvgIpc) is 3.02. The van der Waals surface area contributed by atoms with Crippen molar-refractivity contribution in [2.45, 2.75) is 13.0 Å². The summed E-state index contributed by atoms with van der Waals surface area (Å²) in [5.41, 5.74) is 2.64. The molecule has 0 spiro atoms. The first kappa shape index (κ1) is 18.0. The number of pyridine rings is 1. The van der Waals surface area contributed by atoms with Crippen molar-refractivity contribution in [2.24, 2.45) is 0 Å². The van der Waals surface area contributed by atoms with Crippen molar-refractivity contribution < 1.29 is 22.1 Å². The fourth-order valence-corrected chi connectivity index (χ4v) is 4.00. The van der Waals surface area contributed by atoms with Gasteiger partial charge in [0.25, 0.3) is 0 Å². The highest BCUT2D eigenvalue weighted by molar-refractivity contribution is 7.86. The zero-order valence-electron chi connectivity index (χ0n) is 15.1. The highest BCUT2D eigenvalue weighted by atomic mass is 32.2. The number of carbonyl (C=O) groups is 1. The van der Waals surface area contributed by atoms with Gasteiger partial charge in [-0.3, -0.25) is 4.98 Å². The number of esters is 1. The number of nitrogens with zero attached hydrogens (tertiary/aromatic N) is 3. The quantitative estimate of drug-likeness (QED) is 0.492. The zero-order valence-corrected chi connectivity index (χ0v) is 15.9. The molecule has 0 N–H and O–H groups in total. The standard InChI is InChI=1S/C19H15N3O5S/c1-26-19(23)15-9-16(27-28(2,24)25)18-17-12(10-20)11-5-3-4-6-13(11)21-14(17)7-8-22(15)18/h3-6,9H,7-8H2,1-2H3. The first-order chi connectivity index (χ1) is 13.3. The van der Waals surface area contributed by atoms with Gasteiger partial charge in [0, 0.05) is 30.0 Å². The Bertz CT molecular complexity index is 1290. The van der Waals surface area contributed by atoms with Crippen molar-refractivity contribution >= 4 is 27.0 Å². The number of nitriles is 1. The van der Waals surface area contributed by atoms with E-state index in [1.807, 2.05) is 12.1 Å². The predicted molar refractivity (Wildman–Crippen MR) is 100 cm³/mol. The SMILES string of the molecule is COC(=O)c1cc(OS(C)(=O)=O)c2n1CCc1nc3ccccc3c(C#N)c1-2. The van der Waals surface area contributed by atoms with Crippen molar-refractivity contribution in [2.75, 3.05) is 13.4 Å². The normalized spacial score (nSPS) is 12.8. The second-order valence-corrected chi connectivity index (χ2v) is 7.94. The number of hydrogen-bond donors (Lipinski definition) is 0. The van der Waals surface area contributed by atoms with Crippen molar-refractivity contribution in [1.82, 2.24) is 9.55 Å². The lowest BCUT2D eigenvalue weighted by atomic mass is 9.95. The van der Waals surface area contributed by atoms with Crippen LogP contribution in [-0.2, 0) is 27.8 Å². The Morgan fingerprint density at radius 2 is 2.07 bits per heavy atom. The molecule has 0 fully saturated rings. The summed E-state index contributed by atoms with van der Waals surface area (Å²) in [4.78, 5) is 16.9. The number of aromatic nitrogens is 2. The fraction of sp³-hybridized carbons (Fsp3) is 0.211. The van der Waals surface area contributed by atoms with Gasteiger partial charge in [0.05, 0.1) is 35.8 Å². The monoisotopic (exact) mass is 397 g/mol. The molecule has 1 aromatic carbocycles. The van der Waals surface area contributed by atoms with E-state index in [-0.39, 0.29) is 11.4 Å². The summed E-state index contributed by atoms with van der Waals surface area (Å²) in [6.45, 7) is 0.371.